The number of imidazole rings is 1. The fraction of sp³-hybridized carbons (Fsp3) is 0.143. The Kier molecular flexibility index (Phi) is 3.51. The number of anilines is 1. The van der Waals surface area contributed by atoms with Gasteiger partial charge in [0.15, 0.2) is 5.82 Å². The van der Waals surface area contributed by atoms with E-state index in [1.807, 2.05) is 29.8 Å². The summed E-state index contributed by atoms with van der Waals surface area (Å²) in [5.74, 6) is 0.786. The molecule has 3 aromatic rings. The molecule has 0 aliphatic heterocycles. The summed E-state index contributed by atoms with van der Waals surface area (Å²) in [4.78, 5) is 8.66. The second kappa shape index (κ2) is 5.31. The highest BCUT2D eigenvalue weighted by molar-refractivity contribution is 6.35. The maximum atomic E-state index is 6.16. The third-order valence-electron chi connectivity index (χ3n) is 3.09. The van der Waals surface area contributed by atoms with E-state index in [0.717, 1.165) is 22.4 Å². The summed E-state index contributed by atoms with van der Waals surface area (Å²) in [6.45, 7) is 0.577. The SMILES string of the molecule is Cn1cnc2ccnc(NCc3ccc(Cl)cc3Cl)c21. The Morgan fingerprint density at radius 3 is 2.85 bits per heavy atom. The molecular weight excluding hydrogens is 295 g/mol. The normalized spacial score (nSPS) is 10.9. The molecule has 3 rings (SSSR count). The van der Waals surface area contributed by atoms with Gasteiger partial charge >= 0.3 is 0 Å². The predicted molar refractivity (Wildman–Crippen MR) is 82.3 cm³/mol. The first-order valence-corrected chi connectivity index (χ1v) is 6.84. The molecule has 0 bridgehead atoms. The van der Waals surface area contributed by atoms with Crippen LogP contribution in [0.4, 0.5) is 5.82 Å². The number of aromatic nitrogens is 3. The zero-order valence-electron chi connectivity index (χ0n) is 10.8. The van der Waals surface area contributed by atoms with Crippen molar-refractivity contribution in [1.29, 1.82) is 0 Å². The van der Waals surface area contributed by atoms with Crippen molar-refractivity contribution in [3.05, 3.63) is 52.4 Å². The number of hydrogen-bond donors (Lipinski definition) is 1. The maximum Gasteiger partial charge on any atom is 0.152 e. The minimum atomic E-state index is 0.577. The van der Waals surface area contributed by atoms with Crippen molar-refractivity contribution in [2.75, 3.05) is 5.32 Å². The molecule has 0 radical (unpaired) electrons. The van der Waals surface area contributed by atoms with Crippen LogP contribution < -0.4 is 5.32 Å². The van der Waals surface area contributed by atoms with Gasteiger partial charge in [0.1, 0.15) is 5.52 Å². The summed E-state index contributed by atoms with van der Waals surface area (Å²) in [5, 5.41) is 4.56. The van der Waals surface area contributed by atoms with Crippen LogP contribution in [0.15, 0.2) is 36.8 Å². The van der Waals surface area contributed by atoms with E-state index in [1.54, 1.807) is 18.6 Å². The lowest BCUT2D eigenvalue weighted by atomic mass is 10.2. The fourth-order valence-corrected chi connectivity index (χ4v) is 2.55. The van der Waals surface area contributed by atoms with Crippen molar-refractivity contribution in [3.63, 3.8) is 0 Å². The average Bonchev–Trinajstić information content (AvgIpc) is 2.80. The van der Waals surface area contributed by atoms with Crippen LogP contribution in [0, 0.1) is 0 Å². The van der Waals surface area contributed by atoms with Crippen LogP contribution in [-0.2, 0) is 13.6 Å². The molecule has 0 saturated heterocycles. The highest BCUT2D eigenvalue weighted by Crippen LogP contribution is 2.23. The van der Waals surface area contributed by atoms with E-state index in [4.69, 9.17) is 23.2 Å². The highest BCUT2D eigenvalue weighted by Gasteiger charge is 2.08. The second-order valence-corrected chi connectivity index (χ2v) is 5.32. The van der Waals surface area contributed by atoms with Crippen LogP contribution in [0.3, 0.4) is 0 Å². The Bertz CT molecular complexity index is 767. The zero-order valence-corrected chi connectivity index (χ0v) is 12.3. The van der Waals surface area contributed by atoms with Crippen molar-refractivity contribution < 1.29 is 0 Å². The monoisotopic (exact) mass is 306 g/mol. The molecule has 102 valence electrons. The lowest BCUT2D eigenvalue weighted by Crippen LogP contribution is -2.03. The molecule has 0 spiro atoms. The number of halogens is 2. The smallest absolute Gasteiger partial charge is 0.152 e. The standard InChI is InChI=1S/C14H12Cl2N4/c1-20-8-19-12-4-5-17-14(13(12)20)18-7-9-2-3-10(15)6-11(9)16/h2-6,8H,7H2,1H3,(H,17,18). The fourth-order valence-electron chi connectivity index (χ4n) is 2.08. The first-order chi connectivity index (χ1) is 9.65. The van der Waals surface area contributed by atoms with E-state index < -0.39 is 0 Å². The van der Waals surface area contributed by atoms with Gasteiger partial charge in [0.2, 0.25) is 0 Å². The lowest BCUT2D eigenvalue weighted by molar-refractivity contribution is 0.942. The molecule has 0 saturated carbocycles. The number of hydrogen-bond acceptors (Lipinski definition) is 3. The first-order valence-electron chi connectivity index (χ1n) is 6.09. The van der Waals surface area contributed by atoms with Gasteiger partial charge in [-0.05, 0) is 23.8 Å². The van der Waals surface area contributed by atoms with Gasteiger partial charge in [-0.3, -0.25) is 0 Å². The minimum Gasteiger partial charge on any atom is -0.364 e. The average molecular weight is 307 g/mol. The molecule has 2 heterocycles. The number of pyridine rings is 1. The number of fused-ring (bicyclic) bond motifs is 1. The first kappa shape index (κ1) is 13.2. The number of rotatable bonds is 3. The number of nitrogens with one attached hydrogen (secondary N) is 1. The minimum absolute atomic E-state index is 0.577. The molecule has 4 nitrogen and oxygen atoms in total. The van der Waals surface area contributed by atoms with Crippen LogP contribution in [0.25, 0.3) is 11.0 Å². The van der Waals surface area contributed by atoms with E-state index >= 15 is 0 Å². The quantitative estimate of drug-likeness (QED) is 0.798. The van der Waals surface area contributed by atoms with Crippen LogP contribution in [0.5, 0.6) is 0 Å². The van der Waals surface area contributed by atoms with Crippen LogP contribution >= 0.6 is 23.2 Å². The van der Waals surface area contributed by atoms with Gasteiger partial charge in [-0.15, -0.1) is 0 Å². The van der Waals surface area contributed by atoms with Gasteiger partial charge in [0, 0.05) is 29.8 Å². The largest absolute Gasteiger partial charge is 0.364 e. The topological polar surface area (TPSA) is 42.7 Å². The summed E-state index contributed by atoms with van der Waals surface area (Å²) >= 11 is 12.1. The molecule has 0 atom stereocenters. The summed E-state index contributed by atoms with van der Waals surface area (Å²) < 4.78 is 1.94. The van der Waals surface area contributed by atoms with E-state index in [9.17, 15) is 0 Å². The summed E-state index contributed by atoms with van der Waals surface area (Å²) in [7, 11) is 1.94. The Labute approximate surface area is 126 Å². The maximum absolute atomic E-state index is 6.16. The van der Waals surface area contributed by atoms with Crippen molar-refractivity contribution in [3.8, 4) is 0 Å². The molecule has 0 aliphatic rings. The molecule has 0 amide bonds. The van der Waals surface area contributed by atoms with Gasteiger partial charge in [-0.25, -0.2) is 9.97 Å². The predicted octanol–water partition coefficient (Wildman–Crippen LogP) is 3.89. The molecule has 0 aliphatic carbocycles. The van der Waals surface area contributed by atoms with Crippen LogP contribution in [0.1, 0.15) is 5.56 Å². The molecular formula is C14H12Cl2N4. The molecule has 20 heavy (non-hydrogen) atoms. The highest BCUT2D eigenvalue weighted by atomic mass is 35.5. The molecule has 1 N–H and O–H groups in total. The van der Waals surface area contributed by atoms with Gasteiger partial charge in [0.05, 0.1) is 11.8 Å². The summed E-state index contributed by atoms with van der Waals surface area (Å²) in [5.41, 5.74) is 2.85. The van der Waals surface area contributed by atoms with Crippen LogP contribution in [0.2, 0.25) is 10.0 Å². The summed E-state index contributed by atoms with van der Waals surface area (Å²) in [6, 6.07) is 7.34. The molecule has 0 unspecified atom stereocenters. The molecule has 1 aromatic carbocycles. The number of aryl methyl sites for hydroxylation is 1. The van der Waals surface area contributed by atoms with Crippen molar-refractivity contribution >= 4 is 40.1 Å². The molecule has 6 heteroatoms. The molecule has 2 aromatic heterocycles. The molecule has 0 fully saturated rings. The van der Waals surface area contributed by atoms with E-state index in [-0.39, 0.29) is 0 Å². The third kappa shape index (κ3) is 2.44. The van der Waals surface area contributed by atoms with Crippen LogP contribution in [-0.4, -0.2) is 14.5 Å². The van der Waals surface area contributed by atoms with Crippen molar-refractivity contribution in [2.24, 2.45) is 7.05 Å². The third-order valence-corrected chi connectivity index (χ3v) is 3.67. The van der Waals surface area contributed by atoms with Crippen molar-refractivity contribution in [2.45, 2.75) is 6.54 Å². The van der Waals surface area contributed by atoms with E-state index in [0.29, 0.717) is 16.6 Å². The Balaban J connectivity index is 1.88. The van der Waals surface area contributed by atoms with Gasteiger partial charge in [-0.2, -0.15) is 0 Å². The second-order valence-electron chi connectivity index (χ2n) is 4.47. The van der Waals surface area contributed by atoms with Gasteiger partial charge in [0.25, 0.3) is 0 Å². The lowest BCUT2D eigenvalue weighted by Gasteiger charge is -2.09. The van der Waals surface area contributed by atoms with Gasteiger partial charge in [-0.1, -0.05) is 29.3 Å². The Morgan fingerprint density at radius 1 is 1.20 bits per heavy atom. The van der Waals surface area contributed by atoms with Gasteiger partial charge < -0.3 is 9.88 Å². The Hall–Kier alpha value is -1.78. The van der Waals surface area contributed by atoms with Crippen molar-refractivity contribution in [1.82, 2.24) is 14.5 Å². The number of nitrogens with zero attached hydrogens (tertiary/aromatic N) is 3. The van der Waals surface area contributed by atoms with E-state index in [2.05, 4.69) is 15.3 Å². The number of benzene rings is 1. The summed E-state index contributed by atoms with van der Waals surface area (Å²) in [6.07, 6.45) is 3.51. The zero-order chi connectivity index (χ0) is 14.1. The Morgan fingerprint density at radius 2 is 2.05 bits per heavy atom. The van der Waals surface area contributed by atoms with E-state index in [1.165, 1.54) is 0 Å².